The molecule has 6 heteroatoms. The molecule has 5 nitrogen and oxygen atoms in total. The number of hydrogen-bond acceptors (Lipinski definition) is 4. The average Bonchev–Trinajstić information content (AvgIpc) is 2.30. The molecule has 0 unspecified atom stereocenters. The summed E-state index contributed by atoms with van der Waals surface area (Å²) in [5, 5.41) is 8.04. The first kappa shape index (κ1) is 13.2. The predicted octanol–water partition coefficient (Wildman–Crippen LogP) is 1.43. The zero-order valence-electron chi connectivity index (χ0n) is 10.6. The third-order valence-corrected chi connectivity index (χ3v) is 3.02. The fraction of sp³-hybridized carbons (Fsp3) is 0.583. The van der Waals surface area contributed by atoms with E-state index in [2.05, 4.69) is 28.9 Å². The lowest BCUT2D eigenvalue weighted by atomic mass is 10.2. The molecule has 1 saturated heterocycles. The van der Waals surface area contributed by atoms with Gasteiger partial charge in [0.05, 0.1) is 6.54 Å². The summed E-state index contributed by atoms with van der Waals surface area (Å²) in [6.07, 6.45) is 0. The molecule has 1 fully saturated rings. The van der Waals surface area contributed by atoms with Gasteiger partial charge in [0.2, 0.25) is 5.91 Å². The highest BCUT2D eigenvalue weighted by molar-refractivity contribution is 6.29. The van der Waals surface area contributed by atoms with Crippen molar-refractivity contribution in [1.29, 1.82) is 0 Å². The third-order valence-electron chi connectivity index (χ3n) is 2.82. The average molecular weight is 269 g/mol. The van der Waals surface area contributed by atoms with Crippen molar-refractivity contribution in [3.63, 3.8) is 0 Å². The molecule has 0 spiro atoms. The van der Waals surface area contributed by atoms with Gasteiger partial charge in [-0.15, -0.1) is 10.2 Å². The molecule has 1 aromatic heterocycles. The molecule has 0 N–H and O–H groups in total. The maximum atomic E-state index is 12.1. The van der Waals surface area contributed by atoms with E-state index in [1.807, 2.05) is 0 Å². The Balaban J connectivity index is 2.01. The zero-order valence-corrected chi connectivity index (χ0v) is 11.4. The van der Waals surface area contributed by atoms with Crippen LogP contribution in [0.4, 0.5) is 5.82 Å². The minimum Gasteiger partial charge on any atom is -0.293 e. The summed E-state index contributed by atoms with van der Waals surface area (Å²) in [7, 11) is 0. The fourth-order valence-corrected chi connectivity index (χ4v) is 2.19. The van der Waals surface area contributed by atoms with Crippen LogP contribution in [-0.4, -0.2) is 47.2 Å². The van der Waals surface area contributed by atoms with E-state index >= 15 is 0 Å². The summed E-state index contributed by atoms with van der Waals surface area (Å²) in [4.78, 5) is 15.9. The Morgan fingerprint density at radius 3 is 2.67 bits per heavy atom. The molecule has 1 aliphatic rings. The maximum absolute atomic E-state index is 12.1. The molecule has 0 saturated carbocycles. The van der Waals surface area contributed by atoms with Gasteiger partial charge in [0.15, 0.2) is 11.0 Å². The van der Waals surface area contributed by atoms with Gasteiger partial charge in [0.1, 0.15) is 0 Å². The lowest BCUT2D eigenvalue weighted by Gasteiger charge is -2.34. The van der Waals surface area contributed by atoms with Crippen LogP contribution in [0, 0.1) is 5.92 Å². The first-order valence-corrected chi connectivity index (χ1v) is 6.46. The van der Waals surface area contributed by atoms with Crippen LogP contribution in [0.3, 0.4) is 0 Å². The van der Waals surface area contributed by atoms with E-state index in [0.717, 1.165) is 13.1 Å². The number of nitrogens with zero attached hydrogens (tertiary/aromatic N) is 4. The molecule has 0 bridgehead atoms. The SMILES string of the molecule is CC(C)CN1CCN(c2ccc(Cl)nn2)C(=O)C1. The summed E-state index contributed by atoms with van der Waals surface area (Å²) in [6.45, 7) is 7.23. The number of aromatic nitrogens is 2. The maximum Gasteiger partial charge on any atom is 0.242 e. The van der Waals surface area contributed by atoms with Crippen LogP contribution in [0.5, 0.6) is 0 Å². The summed E-state index contributed by atoms with van der Waals surface area (Å²) < 4.78 is 0. The van der Waals surface area contributed by atoms with Crippen molar-refractivity contribution in [1.82, 2.24) is 15.1 Å². The second kappa shape index (κ2) is 5.63. The Labute approximate surface area is 112 Å². The van der Waals surface area contributed by atoms with Crippen molar-refractivity contribution < 1.29 is 4.79 Å². The first-order valence-electron chi connectivity index (χ1n) is 6.08. The van der Waals surface area contributed by atoms with Gasteiger partial charge in [0.25, 0.3) is 0 Å². The van der Waals surface area contributed by atoms with E-state index in [1.54, 1.807) is 17.0 Å². The Hall–Kier alpha value is -1.20. The molecule has 1 aliphatic heterocycles. The number of hydrogen-bond donors (Lipinski definition) is 0. The molecule has 1 aromatic rings. The van der Waals surface area contributed by atoms with E-state index in [1.165, 1.54) is 0 Å². The number of anilines is 1. The lowest BCUT2D eigenvalue weighted by Crippen LogP contribution is -2.51. The van der Waals surface area contributed by atoms with Gasteiger partial charge in [-0.3, -0.25) is 14.6 Å². The highest BCUT2D eigenvalue weighted by Crippen LogP contribution is 2.15. The Morgan fingerprint density at radius 2 is 2.11 bits per heavy atom. The number of carbonyl (C=O) groups is 1. The standard InChI is InChI=1S/C12H17ClN4O/c1-9(2)7-16-5-6-17(12(18)8-16)11-4-3-10(13)14-15-11/h3-4,9H,5-8H2,1-2H3. The zero-order chi connectivity index (χ0) is 13.1. The van der Waals surface area contributed by atoms with Gasteiger partial charge in [-0.1, -0.05) is 25.4 Å². The van der Waals surface area contributed by atoms with Crippen molar-refractivity contribution in [2.24, 2.45) is 5.92 Å². The Kier molecular flexibility index (Phi) is 4.14. The van der Waals surface area contributed by atoms with Crippen LogP contribution >= 0.6 is 11.6 Å². The van der Waals surface area contributed by atoms with Gasteiger partial charge in [-0.25, -0.2) is 0 Å². The van der Waals surface area contributed by atoms with Crippen LogP contribution < -0.4 is 4.90 Å². The monoisotopic (exact) mass is 268 g/mol. The molecular formula is C12H17ClN4O. The van der Waals surface area contributed by atoms with Gasteiger partial charge in [-0.2, -0.15) is 0 Å². The topological polar surface area (TPSA) is 49.3 Å². The molecule has 1 amide bonds. The van der Waals surface area contributed by atoms with Gasteiger partial charge < -0.3 is 0 Å². The molecule has 0 radical (unpaired) electrons. The van der Waals surface area contributed by atoms with E-state index in [-0.39, 0.29) is 5.91 Å². The van der Waals surface area contributed by atoms with E-state index in [9.17, 15) is 4.79 Å². The lowest BCUT2D eigenvalue weighted by molar-refractivity contribution is -0.121. The van der Waals surface area contributed by atoms with Crippen LogP contribution in [0.15, 0.2) is 12.1 Å². The van der Waals surface area contributed by atoms with E-state index in [0.29, 0.717) is 30.0 Å². The summed E-state index contributed by atoms with van der Waals surface area (Å²) >= 11 is 5.68. The van der Waals surface area contributed by atoms with Crippen LogP contribution in [0.25, 0.3) is 0 Å². The molecule has 0 aromatic carbocycles. The highest BCUT2D eigenvalue weighted by atomic mass is 35.5. The van der Waals surface area contributed by atoms with Gasteiger partial charge >= 0.3 is 0 Å². The predicted molar refractivity (Wildman–Crippen MR) is 70.7 cm³/mol. The number of halogens is 1. The number of amides is 1. The first-order chi connectivity index (χ1) is 8.56. The fourth-order valence-electron chi connectivity index (χ4n) is 2.09. The molecule has 0 atom stereocenters. The molecule has 98 valence electrons. The number of rotatable bonds is 3. The third kappa shape index (κ3) is 3.17. The molecule has 2 heterocycles. The quantitative estimate of drug-likeness (QED) is 0.832. The normalized spacial score (nSPS) is 17.6. The molecule has 2 rings (SSSR count). The van der Waals surface area contributed by atoms with E-state index < -0.39 is 0 Å². The van der Waals surface area contributed by atoms with Crippen molar-refractivity contribution in [3.05, 3.63) is 17.3 Å². The molecule has 0 aliphatic carbocycles. The van der Waals surface area contributed by atoms with Crippen LogP contribution in [0.1, 0.15) is 13.8 Å². The van der Waals surface area contributed by atoms with Crippen molar-refractivity contribution in [3.8, 4) is 0 Å². The minimum atomic E-state index is 0.0681. The molecular weight excluding hydrogens is 252 g/mol. The molecule has 18 heavy (non-hydrogen) atoms. The van der Waals surface area contributed by atoms with Crippen molar-refractivity contribution >= 4 is 23.3 Å². The summed E-state index contributed by atoms with van der Waals surface area (Å²) in [6, 6.07) is 3.38. The van der Waals surface area contributed by atoms with Gasteiger partial charge in [-0.05, 0) is 18.1 Å². The Morgan fingerprint density at radius 1 is 1.33 bits per heavy atom. The van der Waals surface area contributed by atoms with Crippen molar-refractivity contribution in [2.75, 3.05) is 31.1 Å². The second-order valence-corrected chi connectivity index (χ2v) is 5.28. The van der Waals surface area contributed by atoms with Crippen molar-refractivity contribution in [2.45, 2.75) is 13.8 Å². The largest absolute Gasteiger partial charge is 0.293 e. The smallest absolute Gasteiger partial charge is 0.242 e. The Bertz CT molecular complexity index is 421. The number of carbonyl (C=O) groups excluding carboxylic acids is 1. The van der Waals surface area contributed by atoms with Gasteiger partial charge in [0, 0.05) is 19.6 Å². The van der Waals surface area contributed by atoms with Crippen LogP contribution in [-0.2, 0) is 4.79 Å². The van der Waals surface area contributed by atoms with Crippen LogP contribution in [0.2, 0.25) is 5.15 Å². The minimum absolute atomic E-state index is 0.0681. The van der Waals surface area contributed by atoms with E-state index in [4.69, 9.17) is 11.6 Å². The highest BCUT2D eigenvalue weighted by Gasteiger charge is 2.26. The summed E-state index contributed by atoms with van der Waals surface area (Å²) in [5.41, 5.74) is 0. The number of piperazine rings is 1. The second-order valence-electron chi connectivity index (χ2n) is 4.89. The summed E-state index contributed by atoms with van der Waals surface area (Å²) in [5.74, 6) is 1.21.